The fraction of sp³-hybridized carbons (Fsp3) is 0.0400. The summed E-state index contributed by atoms with van der Waals surface area (Å²) in [7, 11) is -2.00. The monoisotopic (exact) mass is 692 g/mol. The highest BCUT2D eigenvalue weighted by Crippen LogP contribution is 2.45. The minimum absolute atomic E-state index is 0.715. The Hall–Kier alpha value is -6.42. The molecule has 250 valence electrons. The molecule has 0 unspecified atom stereocenters. The third-order valence-corrected chi connectivity index (χ3v) is 14.6. The third-order valence-electron chi connectivity index (χ3n) is 11.1. The second-order valence-electron chi connectivity index (χ2n) is 14.5. The third kappa shape index (κ3) is 5.08. The first-order chi connectivity index (χ1) is 26.1. The van der Waals surface area contributed by atoms with Gasteiger partial charge in [0.2, 0.25) is 0 Å². The Morgan fingerprint density at radius 1 is 0.358 bits per heavy atom. The van der Waals surface area contributed by atoms with Gasteiger partial charge in [0, 0.05) is 16.7 Å². The van der Waals surface area contributed by atoms with Crippen LogP contribution in [0.3, 0.4) is 0 Å². The van der Waals surface area contributed by atoms with Crippen molar-refractivity contribution in [3.8, 4) is 67.3 Å². The number of aromatic nitrogens is 2. The van der Waals surface area contributed by atoms with E-state index in [4.69, 9.17) is 9.97 Å². The molecule has 10 rings (SSSR count). The second-order valence-corrected chi connectivity index (χ2v) is 18.8. The van der Waals surface area contributed by atoms with Gasteiger partial charge >= 0.3 is 0 Å². The molecule has 0 amide bonds. The summed E-state index contributed by atoms with van der Waals surface area (Å²) in [5, 5.41) is 7.90. The second kappa shape index (κ2) is 12.4. The summed E-state index contributed by atoms with van der Waals surface area (Å²) < 4.78 is 0. The molecule has 2 heterocycles. The van der Waals surface area contributed by atoms with Gasteiger partial charge in [0.25, 0.3) is 0 Å². The Labute approximate surface area is 311 Å². The lowest BCUT2D eigenvalue weighted by atomic mass is 9.86. The maximum absolute atomic E-state index is 5.39. The topological polar surface area (TPSA) is 25.8 Å². The minimum Gasteiger partial charge on any atom is -0.228 e. The van der Waals surface area contributed by atoms with Gasteiger partial charge in [-0.05, 0) is 77.4 Å². The Balaban J connectivity index is 1.26. The summed E-state index contributed by atoms with van der Waals surface area (Å²) in [6.45, 7) is 5.03. The van der Waals surface area contributed by atoms with Crippen LogP contribution in [0.25, 0.3) is 88.8 Å². The van der Waals surface area contributed by atoms with E-state index >= 15 is 0 Å². The van der Waals surface area contributed by atoms with E-state index in [2.05, 4.69) is 189 Å². The summed E-state index contributed by atoms with van der Waals surface area (Å²) in [6, 6.07) is 65.7. The van der Waals surface area contributed by atoms with Crippen molar-refractivity contribution in [2.24, 2.45) is 0 Å². The van der Waals surface area contributed by atoms with Crippen molar-refractivity contribution in [1.82, 2.24) is 9.97 Å². The van der Waals surface area contributed by atoms with Gasteiger partial charge in [-0.15, -0.1) is 0 Å². The van der Waals surface area contributed by atoms with E-state index in [1.807, 2.05) is 6.07 Å². The van der Waals surface area contributed by atoms with Crippen LogP contribution in [0.5, 0.6) is 0 Å². The average Bonchev–Trinajstić information content (AvgIpc) is 3.46. The smallest absolute Gasteiger partial charge is 0.160 e. The lowest BCUT2D eigenvalue weighted by Crippen LogP contribution is -2.50. The molecule has 0 aliphatic carbocycles. The molecule has 0 N–H and O–H groups in total. The molecule has 0 fully saturated rings. The molecule has 1 aromatic heterocycles. The van der Waals surface area contributed by atoms with Crippen LogP contribution >= 0.6 is 0 Å². The molecule has 3 heteroatoms. The van der Waals surface area contributed by atoms with Gasteiger partial charge in [-0.1, -0.05) is 183 Å². The first kappa shape index (κ1) is 31.3. The van der Waals surface area contributed by atoms with Gasteiger partial charge in [-0.2, -0.15) is 0 Å². The maximum Gasteiger partial charge on any atom is 0.160 e. The molecule has 0 atom stereocenters. The highest BCUT2D eigenvalue weighted by Gasteiger charge is 2.39. The van der Waals surface area contributed by atoms with Crippen molar-refractivity contribution in [2.45, 2.75) is 13.1 Å². The van der Waals surface area contributed by atoms with Crippen LogP contribution in [-0.4, -0.2) is 18.0 Å². The predicted octanol–water partition coefficient (Wildman–Crippen LogP) is 11.9. The fourth-order valence-electron chi connectivity index (χ4n) is 8.68. The van der Waals surface area contributed by atoms with Gasteiger partial charge in [0.15, 0.2) is 5.82 Å². The number of hydrogen-bond acceptors (Lipinski definition) is 2. The van der Waals surface area contributed by atoms with Crippen LogP contribution in [0.1, 0.15) is 0 Å². The zero-order valence-corrected chi connectivity index (χ0v) is 30.7. The highest BCUT2D eigenvalue weighted by molar-refractivity contribution is 7.04. The Kier molecular flexibility index (Phi) is 7.31. The normalized spacial score (nSPS) is 12.9. The van der Waals surface area contributed by atoms with Crippen molar-refractivity contribution in [1.29, 1.82) is 0 Å². The lowest BCUT2D eigenvalue weighted by molar-refractivity contribution is 1.19. The van der Waals surface area contributed by atoms with E-state index in [0.29, 0.717) is 5.82 Å². The van der Waals surface area contributed by atoms with Crippen LogP contribution in [0.4, 0.5) is 0 Å². The zero-order valence-electron chi connectivity index (χ0n) is 29.7. The van der Waals surface area contributed by atoms with Gasteiger partial charge in [-0.25, -0.2) is 9.97 Å². The van der Waals surface area contributed by atoms with E-state index in [0.717, 1.165) is 33.6 Å². The Morgan fingerprint density at radius 3 is 1.55 bits per heavy atom. The van der Waals surface area contributed by atoms with E-state index in [9.17, 15) is 0 Å². The summed E-state index contributed by atoms with van der Waals surface area (Å²) in [4.78, 5) is 10.6. The van der Waals surface area contributed by atoms with Crippen LogP contribution in [0.2, 0.25) is 13.1 Å². The lowest BCUT2D eigenvalue weighted by Gasteiger charge is -2.25. The highest BCUT2D eigenvalue weighted by atomic mass is 28.3. The molecular formula is C50H36N2Si. The van der Waals surface area contributed by atoms with Gasteiger partial charge in [0.05, 0.1) is 11.4 Å². The molecule has 2 nitrogen and oxygen atoms in total. The van der Waals surface area contributed by atoms with Gasteiger partial charge in [0.1, 0.15) is 8.07 Å². The van der Waals surface area contributed by atoms with Crippen molar-refractivity contribution in [3.05, 3.63) is 182 Å². The number of rotatable bonds is 5. The average molecular weight is 693 g/mol. The maximum atomic E-state index is 5.39. The number of benzene rings is 8. The van der Waals surface area contributed by atoms with Crippen LogP contribution in [0.15, 0.2) is 182 Å². The summed E-state index contributed by atoms with van der Waals surface area (Å²) in [5.74, 6) is 0.715. The van der Waals surface area contributed by atoms with E-state index in [-0.39, 0.29) is 0 Å². The standard InChI is InChI=1S/C50H36N2Si/c1-53(2)46-30-14-13-23-37(46)42-28-16-29-43(49(42)53)47-38-24-9-11-26-40(38)48(41-27-12-10-25-39(41)47)45-32-44(51-50(52-45)34-19-7-4-8-20-34)36-22-15-21-35(31-36)33-17-5-3-6-18-33/h3-32H,1-2H3. The first-order valence-electron chi connectivity index (χ1n) is 18.3. The predicted molar refractivity (Wildman–Crippen MR) is 226 cm³/mol. The quantitative estimate of drug-likeness (QED) is 0.133. The molecule has 0 radical (unpaired) electrons. The largest absolute Gasteiger partial charge is 0.228 e. The molecule has 1 aliphatic rings. The molecule has 0 saturated heterocycles. The first-order valence-corrected chi connectivity index (χ1v) is 21.3. The van der Waals surface area contributed by atoms with Crippen molar-refractivity contribution in [3.63, 3.8) is 0 Å². The van der Waals surface area contributed by atoms with Crippen molar-refractivity contribution < 1.29 is 0 Å². The van der Waals surface area contributed by atoms with E-state index in [1.54, 1.807) is 0 Å². The van der Waals surface area contributed by atoms with Gasteiger partial charge < -0.3 is 0 Å². The summed E-state index contributed by atoms with van der Waals surface area (Å²) in [6.07, 6.45) is 0. The van der Waals surface area contributed by atoms with Crippen molar-refractivity contribution >= 4 is 40.0 Å². The Bertz CT molecular complexity index is 2800. The minimum atomic E-state index is -2.00. The zero-order chi connectivity index (χ0) is 35.5. The molecule has 0 saturated carbocycles. The molecule has 53 heavy (non-hydrogen) atoms. The summed E-state index contributed by atoms with van der Waals surface area (Å²) in [5.41, 5.74) is 12.8. The van der Waals surface area contributed by atoms with Crippen LogP contribution < -0.4 is 10.4 Å². The Morgan fingerprint density at radius 2 is 0.849 bits per heavy atom. The molecular weight excluding hydrogens is 657 g/mol. The fourth-order valence-corrected chi connectivity index (χ4v) is 12.1. The van der Waals surface area contributed by atoms with Crippen molar-refractivity contribution in [2.75, 3.05) is 0 Å². The molecule has 8 aromatic carbocycles. The number of hydrogen-bond donors (Lipinski definition) is 0. The van der Waals surface area contributed by atoms with Crippen LogP contribution in [0, 0.1) is 0 Å². The molecule has 0 spiro atoms. The number of nitrogens with zero attached hydrogens (tertiary/aromatic N) is 2. The molecule has 1 aliphatic heterocycles. The molecule has 9 aromatic rings. The SMILES string of the molecule is C[Si]1(C)c2ccccc2-c2cccc(-c3c4ccccc4c(-c4cc(-c5cccc(-c6ccccc6)c5)nc(-c5ccccc5)n4)c4ccccc34)c21. The number of fused-ring (bicyclic) bond motifs is 5. The summed E-state index contributed by atoms with van der Waals surface area (Å²) >= 11 is 0. The molecule has 0 bridgehead atoms. The van der Waals surface area contributed by atoms with Crippen LogP contribution in [-0.2, 0) is 0 Å². The van der Waals surface area contributed by atoms with E-state index < -0.39 is 8.07 Å². The van der Waals surface area contributed by atoms with Gasteiger partial charge in [-0.3, -0.25) is 0 Å². The van der Waals surface area contributed by atoms with E-state index in [1.165, 1.54) is 59.7 Å².